The van der Waals surface area contributed by atoms with Crippen molar-refractivity contribution in [3.8, 4) is 5.75 Å². The zero-order valence-electron chi connectivity index (χ0n) is 30.1. The number of aliphatic hydroxyl groups is 1. The number of rotatable bonds is 11. The molecule has 1 aromatic rings. The lowest BCUT2D eigenvalue weighted by molar-refractivity contribution is -0.757. The average molecular weight is 748 g/mol. The molecule has 288 valence electrons. The van der Waals surface area contributed by atoms with Gasteiger partial charge in [0.15, 0.2) is 29.4 Å². The highest BCUT2D eigenvalue weighted by atomic mass is 19.1. The SMILES string of the molecule is Cc1cc(C(=O)OCCCCO[N+](=O)[O-])ccc1OC(=O)OCC(=O)[C@@]12OC(C)(C)O[C@@H]1CC1C3C[C@H](F)C4=CC(=O)C=C[C@]4(C)[C@@]3(F)[C@@H](O)C[C@@]12C. The molecule has 0 amide bonds. The van der Waals surface area contributed by atoms with E-state index in [4.69, 9.17) is 23.7 Å². The van der Waals surface area contributed by atoms with Gasteiger partial charge in [0, 0.05) is 16.7 Å². The van der Waals surface area contributed by atoms with E-state index in [0.717, 1.165) is 6.08 Å². The van der Waals surface area contributed by atoms with Crippen molar-refractivity contribution in [2.45, 2.75) is 102 Å². The smallest absolute Gasteiger partial charge is 0.462 e. The number of halogens is 2. The van der Waals surface area contributed by atoms with Crippen LogP contribution in [0.15, 0.2) is 42.0 Å². The van der Waals surface area contributed by atoms with Crippen molar-refractivity contribution in [2.24, 2.45) is 22.7 Å². The first-order valence-corrected chi connectivity index (χ1v) is 17.6. The summed E-state index contributed by atoms with van der Waals surface area (Å²) in [7, 11) is 0. The normalized spacial score (nSPS) is 36.3. The Labute approximate surface area is 303 Å². The minimum absolute atomic E-state index is 0.00738. The number of ketones is 2. The van der Waals surface area contributed by atoms with Crippen LogP contribution < -0.4 is 4.74 Å². The number of Topliss-reactive ketones (excluding diaryl/α,β-unsaturated/α-hetero) is 1. The fourth-order valence-electron chi connectivity index (χ4n) is 9.64. The van der Waals surface area contributed by atoms with Gasteiger partial charge in [0.2, 0.25) is 5.78 Å². The zero-order chi connectivity index (χ0) is 38.7. The first-order valence-electron chi connectivity index (χ1n) is 17.6. The number of ether oxygens (including phenoxy) is 5. The van der Waals surface area contributed by atoms with Gasteiger partial charge < -0.3 is 33.6 Å². The molecule has 14 nitrogen and oxygen atoms in total. The molecule has 4 aliphatic carbocycles. The Morgan fingerprint density at radius 2 is 1.79 bits per heavy atom. The lowest BCUT2D eigenvalue weighted by atomic mass is 9.44. The molecule has 0 radical (unpaired) electrons. The molecule has 1 N–H and O–H groups in total. The largest absolute Gasteiger partial charge is 0.514 e. The third-order valence-electron chi connectivity index (χ3n) is 11.9. The Morgan fingerprint density at radius 3 is 2.49 bits per heavy atom. The highest BCUT2D eigenvalue weighted by Crippen LogP contribution is 2.72. The highest BCUT2D eigenvalue weighted by Gasteiger charge is 2.80. The van der Waals surface area contributed by atoms with Crippen molar-refractivity contribution in [2.75, 3.05) is 19.8 Å². The van der Waals surface area contributed by atoms with Crippen LogP contribution >= 0.6 is 0 Å². The van der Waals surface area contributed by atoms with Crippen molar-refractivity contribution in [3.63, 3.8) is 0 Å². The van der Waals surface area contributed by atoms with Crippen molar-refractivity contribution in [3.05, 3.63) is 63.2 Å². The molecule has 0 bridgehead atoms. The molecule has 6 rings (SSSR count). The molecule has 0 spiro atoms. The number of nitrogens with zero attached hydrogens (tertiary/aromatic N) is 1. The van der Waals surface area contributed by atoms with Gasteiger partial charge in [0.05, 0.1) is 31.0 Å². The number of hydrogen-bond donors (Lipinski definition) is 1. The molecule has 1 heterocycles. The molecule has 3 saturated carbocycles. The number of esters is 1. The lowest BCUT2D eigenvalue weighted by Gasteiger charge is -2.63. The fraction of sp³-hybridized carbons (Fsp3) is 0.622. The van der Waals surface area contributed by atoms with Crippen LogP contribution in [0.4, 0.5) is 13.6 Å². The Hall–Kier alpha value is -4.28. The summed E-state index contributed by atoms with van der Waals surface area (Å²) in [5.74, 6) is -4.84. The van der Waals surface area contributed by atoms with Crippen LogP contribution in [0.3, 0.4) is 0 Å². The van der Waals surface area contributed by atoms with Gasteiger partial charge in [0.1, 0.15) is 11.9 Å². The number of allylic oxidation sites excluding steroid dienone is 4. The number of carbonyl (C=O) groups is 4. The van der Waals surface area contributed by atoms with Crippen LogP contribution in [0, 0.1) is 39.7 Å². The van der Waals surface area contributed by atoms with Crippen molar-refractivity contribution >= 4 is 23.7 Å². The molecule has 1 aromatic carbocycles. The summed E-state index contributed by atoms with van der Waals surface area (Å²) in [6.07, 6.45) is -1.72. The van der Waals surface area contributed by atoms with Gasteiger partial charge in [-0.2, -0.15) is 0 Å². The number of carbonyl (C=O) groups excluding carboxylic acids is 4. The van der Waals surface area contributed by atoms with Gasteiger partial charge in [-0.25, -0.2) is 18.4 Å². The van der Waals surface area contributed by atoms with Crippen molar-refractivity contribution in [1.82, 2.24) is 0 Å². The summed E-state index contributed by atoms with van der Waals surface area (Å²) >= 11 is 0. The second-order valence-electron chi connectivity index (χ2n) is 15.4. The Bertz CT molecular complexity index is 1780. The van der Waals surface area contributed by atoms with E-state index < -0.39 is 93.5 Å². The second-order valence-corrected chi connectivity index (χ2v) is 15.4. The molecular formula is C37H43F2NO13. The monoisotopic (exact) mass is 747 g/mol. The molecule has 4 fully saturated rings. The molecule has 5 aliphatic rings. The number of aliphatic hydroxyl groups excluding tert-OH is 1. The van der Waals surface area contributed by atoms with E-state index in [1.54, 1.807) is 27.7 Å². The van der Waals surface area contributed by atoms with Crippen LogP contribution in [0.1, 0.15) is 75.7 Å². The van der Waals surface area contributed by atoms with Gasteiger partial charge in [-0.1, -0.05) is 13.0 Å². The topological polar surface area (TPSA) is 187 Å². The number of unbranched alkanes of at least 4 members (excludes halogenated alkanes) is 1. The molecule has 1 saturated heterocycles. The van der Waals surface area contributed by atoms with Crippen molar-refractivity contribution < 1.29 is 66.7 Å². The summed E-state index contributed by atoms with van der Waals surface area (Å²) in [5, 5.41) is 21.0. The quantitative estimate of drug-likeness (QED) is 0.104. The van der Waals surface area contributed by atoms with Gasteiger partial charge >= 0.3 is 12.1 Å². The number of aryl methyl sites for hydroxylation is 1. The molecule has 16 heteroatoms. The zero-order valence-corrected chi connectivity index (χ0v) is 30.1. The maximum Gasteiger partial charge on any atom is 0.514 e. The molecule has 0 aromatic heterocycles. The van der Waals surface area contributed by atoms with Crippen molar-refractivity contribution in [1.29, 1.82) is 0 Å². The predicted molar refractivity (Wildman–Crippen MR) is 177 cm³/mol. The predicted octanol–water partition coefficient (Wildman–Crippen LogP) is 5.04. The molecular weight excluding hydrogens is 704 g/mol. The molecule has 2 unspecified atom stereocenters. The average Bonchev–Trinajstić information content (AvgIpc) is 3.49. The van der Waals surface area contributed by atoms with Crippen LogP contribution in [0.25, 0.3) is 0 Å². The minimum atomic E-state index is -2.37. The van der Waals surface area contributed by atoms with Crippen LogP contribution in [-0.2, 0) is 33.4 Å². The third-order valence-corrected chi connectivity index (χ3v) is 11.9. The second kappa shape index (κ2) is 13.5. The maximum atomic E-state index is 17.7. The number of alkyl halides is 2. The Balaban J connectivity index is 1.15. The van der Waals surface area contributed by atoms with E-state index in [2.05, 4.69) is 4.84 Å². The van der Waals surface area contributed by atoms with Crippen LogP contribution in [-0.4, -0.2) is 89.1 Å². The van der Waals surface area contributed by atoms with Crippen LogP contribution in [0.5, 0.6) is 5.75 Å². The van der Waals surface area contributed by atoms with Gasteiger partial charge in [-0.3, -0.25) is 9.59 Å². The molecule has 53 heavy (non-hydrogen) atoms. The van der Waals surface area contributed by atoms with E-state index in [1.807, 2.05) is 0 Å². The summed E-state index contributed by atoms with van der Waals surface area (Å²) in [6, 6.07) is 4.13. The van der Waals surface area contributed by atoms with E-state index in [-0.39, 0.29) is 49.4 Å². The molecule has 9 atom stereocenters. The van der Waals surface area contributed by atoms with Crippen LogP contribution in [0.2, 0.25) is 0 Å². The lowest BCUT2D eigenvalue weighted by Crippen LogP contribution is -2.71. The Kier molecular flexibility index (Phi) is 9.82. The van der Waals surface area contributed by atoms with E-state index in [9.17, 15) is 34.4 Å². The number of hydrogen-bond acceptors (Lipinski definition) is 13. The van der Waals surface area contributed by atoms with E-state index >= 15 is 8.78 Å². The standard InChI is InChI=1S/C37H43F2NO13/c1-20-14-21(31(44)48-12-6-7-13-50-40(46)47)8-9-27(20)51-32(45)49-19-29(43)37-30(52-33(2,3)53-37)17-23-24-16-26(38)25-15-22(41)10-11-34(25,4)36(24,39)28(42)18-35(23,37)5/h8-11,14-15,23-24,26,28,30,42H,6-7,12-13,16-19H2,1-5H3/t23?,24?,26-,28-,30+,34-,35-,36-,37+/m0/s1. The minimum Gasteiger partial charge on any atom is -0.462 e. The van der Waals surface area contributed by atoms with E-state index in [1.165, 1.54) is 37.3 Å². The summed E-state index contributed by atoms with van der Waals surface area (Å²) in [4.78, 5) is 66.2. The third kappa shape index (κ3) is 6.21. The summed E-state index contributed by atoms with van der Waals surface area (Å²) in [6.45, 7) is 7.05. The highest BCUT2D eigenvalue weighted by molar-refractivity contribution is 6.01. The first kappa shape index (κ1) is 38.4. The maximum absolute atomic E-state index is 17.7. The van der Waals surface area contributed by atoms with Gasteiger partial charge in [-0.15, -0.1) is 10.1 Å². The van der Waals surface area contributed by atoms with E-state index in [0.29, 0.717) is 18.4 Å². The summed E-state index contributed by atoms with van der Waals surface area (Å²) < 4.78 is 62.0. The number of benzene rings is 1. The fourth-order valence-corrected chi connectivity index (χ4v) is 9.64. The first-order chi connectivity index (χ1) is 24.8. The Morgan fingerprint density at radius 1 is 1.08 bits per heavy atom. The van der Waals surface area contributed by atoms with Gasteiger partial charge in [0.25, 0.3) is 5.09 Å². The molecule has 1 aliphatic heterocycles. The number of fused-ring (bicyclic) bond motifs is 7. The van der Waals surface area contributed by atoms with Gasteiger partial charge in [-0.05, 0) is 107 Å². The summed E-state index contributed by atoms with van der Waals surface area (Å²) in [5.41, 5.74) is -6.56.